The third-order valence-corrected chi connectivity index (χ3v) is 3.02. The minimum absolute atomic E-state index is 0.00149. The second-order valence-corrected chi connectivity index (χ2v) is 4.64. The van der Waals surface area contributed by atoms with Crippen molar-refractivity contribution < 1.29 is 4.74 Å². The van der Waals surface area contributed by atoms with E-state index >= 15 is 0 Å². The number of methoxy groups -OCH3 is 1. The summed E-state index contributed by atoms with van der Waals surface area (Å²) in [4.78, 5) is 7.73. The van der Waals surface area contributed by atoms with E-state index in [1.807, 2.05) is 6.92 Å². The molecule has 1 atom stereocenters. The maximum Gasteiger partial charge on any atom is 0.137 e. The van der Waals surface area contributed by atoms with Gasteiger partial charge >= 0.3 is 0 Å². The van der Waals surface area contributed by atoms with Crippen LogP contribution in [0.4, 0.5) is 0 Å². The van der Waals surface area contributed by atoms with E-state index in [4.69, 9.17) is 17.0 Å². The minimum atomic E-state index is 0.00149. The minimum Gasteiger partial charge on any atom is -0.374 e. The Morgan fingerprint density at radius 3 is 2.44 bits per heavy atom. The van der Waals surface area contributed by atoms with Crippen LogP contribution in [0.3, 0.4) is 0 Å². The summed E-state index contributed by atoms with van der Waals surface area (Å²) >= 11 is 5.33. The first-order valence-corrected chi connectivity index (χ1v) is 6.05. The number of hydrogen-bond donors (Lipinski definition) is 1. The Bertz CT molecular complexity index is 408. The lowest BCUT2D eigenvalue weighted by Crippen LogP contribution is -2.10. The molecule has 0 aromatic carbocycles. The molecule has 0 saturated carbocycles. The molecule has 0 bridgehead atoms. The van der Waals surface area contributed by atoms with Crippen LogP contribution in [-0.2, 0) is 4.74 Å². The number of nitrogens with zero attached hydrogens (tertiary/aromatic N) is 1. The van der Waals surface area contributed by atoms with Gasteiger partial charge in [-0.1, -0.05) is 33.0 Å². The van der Waals surface area contributed by atoms with Gasteiger partial charge in [-0.3, -0.25) is 0 Å². The van der Waals surface area contributed by atoms with Gasteiger partial charge in [0.2, 0.25) is 0 Å². The van der Waals surface area contributed by atoms with Crippen molar-refractivity contribution in [2.45, 2.75) is 46.1 Å². The first kappa shape index (κ1) is 13.3. The van der Waals surface area contributed by atoms with Gasteiger partial charge in [0.15, 0.2) is 0 Å². The van der Waals surface area contributed by atoms with Crippen LogP contribution < -0.4 is 0 Å². The monoisotopic (exact) mass is 240 g/mol. The van der Waals surface area contributed by atoms with Crippen molar-refractivity contribution in [1.29, 1.82) is 0 Å². The van der Waals surface area contributed by atoms with Gasteiger partial charge in [0.25, 0.3) is 0 Å². The molecule has 1 rings (SSSR count). The van der Waals surface area contributed by atoms with Crippen LogP contribution in [0.5, 0.6) is 0 Å². The maximum atomic E-state index is 5.36. The lowest BCUT2D eigenvalue weighted by atomic mass is 10.0. The van der Waals surface area contributed by atoms with Gasteiger partial charge in [-0.25, -0.2) is 4.98 Å². The third kappa shape index (κ3) is 2.68. The molecule has 0 aliphatic rings. The van der Waals surface area contributed by atoms with Crippen LogP contribution in [0, 0.1) is 11.6 Å². The Balaban J connectivity index is 3.24. The molecule has 0 fully saturated rings. The topological polar surface area (TPSA) is 37.9 Å². The molecule has 1 aromatic rings. The molecule has 0 aliphatic carbocycles. The summed E-state index contributed by atoms with van der Waals surface area (Å²) < 4.78 is 6.05. The Morgan fingerprint density at radius 1 is 1.44 bits per heavy atom. The van der Waals surface area contributed by atoms with Gasteiger partial charge in [-0.2, -0.15) is 0 Å². The second kappa shape index (κ2) is 5.55. The fraction of sp³-hybridized carbons (Fsp3) is 0.667. The number of ether oxygens (including phenoxy) is 1. The van der Waals surface area contributed by atoms with E-state index in [1.54, 1.807) is 7.11 Å². The Kier molecular flexibility index (Phi) is 4.62. The van der Waals surface area contributed by atoms with Crippen LogP contribution in [0.25, 0.3) is 0 Å². The first-order valence-electron chi connectivity index (χ1n) is 5.64. The summed E-state index contributed by atoms with van der Waals surface area (Å²) in [5, 5.41) is 0. The zero-order valence-corrected chi connectivity index (χ0v) is 11.4. The molecule has 90 valence electrons. The molecule has 0 amide bonds. The van der Waals surface area contributed by atoms with Crippen LogP contribution in [0.2, 0.25) is 0 Å². The second-order valence-electron chi connectivity index (χ2n) is 4.25. The van der Waals surface area contributed by atoms with Gasteiger partial charge in [-0.05, 0) is 19.3 Å². The molecular formula is C12H20N2OS. The molecule has 4 heteroatoms. The van der Waals surface area contributed by atoms with E-state index in [1.165, 1.54) is 0 Å². The van der Waals surface area contributed by atoms with Crippen molar-refractivity contribution in [3.8, 4) is 0 Å². The molecule has 1 heterocycles. The molecule has 0 radical (unpaired) electrons. The summed E-state index contributed by atoms with van der Waals surface area (Å²) in [5.74, 6) is 1.23. The smallest absolute Gasteiger partial charge is 0.137 e. The van der Waals surface area contributed by atoms with E-state index in [9.17, 15) is 0 Å². The van der Waals surface area contributed by atoms with Crippen LogP contribution in [-0.4, -0.2) is 17.1 Å². The number of H-pyrrole nitrogens is 1. The summed E-state index contributed by atoms with van der Waals surface area (Å²) in [5.41, 5.74) is 2.23. The molecule has 16 heavy (non-hydrogen) atoms. The summed E-state index contributed by atoms with van der Waals surface area (Å²) in [6, 6.07) is 0. The zero-order chi connectivity index (χ0) is 12.3. The average Bonchev–Trinajstić information content (AvgIpc) is 2.17. The number of aromatic amines is 1. The average molecular weight is 240 g/mol. The number of aromatic nitrogens is 2. The van der Waals surface area contributed by atoms with E-state index in [2.05, 4.69) is 30.7 Å². The van der Waals surface area contributed by atoms with E-state index < -0.39 is 0 Å². The van der Waals surface area contributed by atoms with Gasteiger partial charge < -0.3 is 9.72 Å². The van der Waals surface area contributed by atoms with Gasteiger partial charge in [0.1, 0.15) is 16.6 Å². The molecule has 1 unspecified atom stereocenters. The molecule has 0 saturated heterocycles. The van der Waals surface area contributed by atoms with E-state index in [0.29, 0.717) is 10.6 Å². The maximum absolute atomic E-state index is 5.36. The fourth-order valence-electron chi connectivity index (χ4n) is 1.92. The number of nitrogens with one attached hydrogen (secondary N) is 1. The Hall–Kier alpha value is -0.740. The highest BCUT2D eigenvalue weighted by molar-refractivity contribution is 7.71. The van der Waals surface area contributed by atoms with Crippen molar-refractivity contribution in [3.05, 3.63) is 21.7 Å². The van der Waals surface area contributed by atoms with Crippen molar-refractivity contribution >= 4 is 12.2 Å². The van der Waals surface area contributed by atoms with Gasteiger partial charge in [0, 0.05) is 18.4 Å². The van der Waals surface area contributed by atoms with Gasteiger partial charge in [0.05, 0.1) is 0 Å². The zero-order valence-electron chi connectivity index (χ0n) is 10.6. The summed E-state index contributed by atoms with van der Waals surface area (Å²) in [6.45, 7) is 8.36. The molecule has 0 spiro atoms. The molecule has 0 aliphatic heterocycles. The summed E-state index contributed by atoms with van der Waals surface area (Å²) in [7, 11) is 1.69. The molecular weight excluding hydrogens is 220 g/mol. The Labute approximate surface area is 102 Å². The van der Waals surface area contributed by atoms with Crippen molar-refractivity contribution in [1.82, 2.24) is 9.97 Å². The SMILES string of the molecule is CCC(OC)c1nc(=S)c(C(C)C)c(C)[nH]1. The highest BCUT2D eigenvalue weighted by Gasteiger charge is 2.14. The number of rotatable bonds is 4. The van der Waals surface area contributed by atoms with Crippen molar-refractivity contribution in [3.63, 3.8) is 0 Å². The van der Waals surface area contributed by atoms with Crippen molar-refractivity contribution in [2.24, 2.45) is 0 Å². The van der Waals surface area contributed by atoms with Gasteiger partial charge in [-0.15, -0.1) is 0 Å². The molecule has 1 aromatic heterocycles. The first-order chi connectivity index (χ1) is 7.51. The number of aryl methyl sites for hydroxylation is 1. The standard InChI is InChI=1S/C12H20N2OS/c1-6-9(15-5)11-13-8(4)10(7(2)3)12(16)14-11/h7,9H,6H2,1-5H3,(H,13,14,16). The molecule has 1 N–H and O–H groups in total. The highest BCUT2D eigenvalue weighted by atomic mass is 32.1. The lowest BCUT2D eigenvalue weighted by molar-refractivity contribution is 0.0922. The van der Waals surface area contributed by atoms with Crippen LogP contribution >= 0.6 is 12.2 Å². The normalized spacial score (nSPS) is 13.1. The fourth-order valence-corrected chi connectivity index (χ4v) is 2.41. The quantitative estimate of drug-likeness (QED) is 0.816. The highest BCUT2D eigenvalue weighted by Crippen LogP contribution is 2.22. The Morgan fingerprint density at radius 2 is 2.06 bits per heavy atom. The predicted octanol–water partition coefficient (Wildman–Crippen LogP) is 3.67. The van der Waals surface area contributed by atoms with Crippen molar-refractivity contribution in [2.75, 3.05) is 7.11 Å². The van der Waals surface area contributed by atoms with Crippen LogP contribution in [0.1, 0.15) is 56.3 Å². The summed E-state index contributed by atoms with van der Waals surface area (Å²) in [6.07, 6.45) is 0.886. The largest absolute Gasteiger partial charge is 0.374 e. The number of hydrogen-bond acceptors (Lipinski definition) is 3. The van der Waals surface area contributed by atoms with Crippen LogP contribution in [0.15, 0.2) is 0 Å². The third-order valence-electron chi connectivity index (χ3n) is 2.71. The van der Waals surface area contributed by atoms with E-state index in [-0.39, 0.29) is 6.10 Å². The predicted molar refractivity (Wildman–Crippen MR) is 68.3 cm³/mol. The van der Waals surface area contributed by atoms with E-state index in [0.717, 1.165) is 23.5 Å². The molecule has 3 nitrogen and oxygen atoms in total. The lowest BCUT2D eigenvalue weighted by Gasteiger charge is -2.16.